The molecule has 0 atom stereocenters. The van der Waals surface area contributed by atoms with E-state index in [9.17, 15) is 26.3 Å². The van der Waals surface area contributed by atoms with E-state index >= 15 is 0 Å². The normalized spacial score (nSPS) is 14.3. The van der Waals surface area contributed by atoms with Crippen LogP contribution in [0.4, 0.5) is 26.3 Å². The van der Waals surface area contributed by atoms with Crippen molar-refractivity contribution in [2.45, 2.75) is 25.8 Å². The van der Waals surface area contributed by atoms with Gasteiger partial charge in [-0.05, 0) is 29.8 Å². The summed E-state index contributed by atoms with van der Waals surface area (Å²) >= 11 is 0. The average molecular weight is 390 g/mol. The van der Waals surface area contributed by atoms with Crippen LogP contribution >= 0.6 is 0 Å². The molecule has 0 saturated heterocycles. The van der Waals surface area contributed by atoms with E-state index in [1.54, 1.807) is 0 Å². The van der Waals surface area contributed by atoms with Gasteiger partial charge in [0.25, 0.3) is 0 Å². The predicted molar refractivity (Wildman–Crippen MR) is 82.3 cm³/mol. The highest BCUT2D eigenvalue weighted by molar-refractivity contribution is 6.00. The highest BCUT2D eigenvalue weighted by Crippen LogP contribution is 2.33. The third kappa shape index (κ3) is 4.63. The Balaban J connectivity index is 1.79. The maximum atomic E-state index is 12.5. The number of hydrogen-bond donors (Lipinski definition) is 1. The second kappa shape index (κ2) is 6.67. The summed E-state index contributed by atoms with van der Waals surface area (Å²) < 4.78 is 82.4. The third-order valence-corrected chi connectivity index (χ3v) is 3.80. The summed E-state index contributed by atoms with van der Waals surface area (Å²) in [6.45, 7) is -0.0151. The molecule has 0 aromatic heterocycles. The Morgan fingerprint density at radius 3 is 2.26 bits per heavy atom. The smallest absolute Gasteiger partial charge is 0.406 e. The van der Waals surface area contributed by atoms with Gasteiger partial charge in [-0.3, -0.25) is 5.41 Å². The first kappa shape index (κ1) is 18.9. The molecule has 3 rings (SSSR count). The van der Waals surface area contributed by atoms with Crippen LogP contribution in [0.2, 0.25) is 0 Å². The summed E-state index contributed by atoms with van der Waals surface area (Å²) in [5, 5.41) is 8.14. The van der Waals surface area contributed by atoms with Crippen LogP contribution in [0.15, 0.2) is 42.5 Å². The van der Waals surface area contributed by atoms with Gasteiger partial charge in [0.05, 0.1) is 0 Å². The van der Waals surface area contributed by atoms with E-state index in [1.165, 1.54) is 29.2 Å². The molecule has 2 aromatic rings. The van der Waals surface area contributed by atoms with E-state index in [0.29, 0.717) is 11.1 Å². The molecule has 0 radical (unpaired) electrons. The van der Waals surface area contributed by atoms with Gasteiger partial charge >= 0.3 is 12.7 Å². The summed E-state index contributed by atoms with van der Waals surface area (Å²) in [6, 6.07) is 9.06. The van der Waals surface area contributed by atoms with E-state index in [4.69, 9.17) is 5.41 Å². The van der Waals surface area contributed by atoms with E-state index in [1.807, 2.05) is 0 Å². The first-order valence-corrected chi connectivity index (χ1v) is 7.58. The van der Waals surface area contributed by atoms with Gasteiger partial charge in [0.2, 0.25) is 0 Å². The maximum absolute atomic E-state index is 12.5. The van der Waals surface area contributed by atoms with E-state index < -0.39 is 24.2 Å². The van der Waals surface area contributed by atoms with Gasteiger partial charge in [-0.25, -0.2) is 0 Å². The number of rotatable bonds is 4. The van der Waals surface area contributed by atoms with Crippen molar-refractivity contribution in [3.63, 3.8) is 0 Å². The highest BCUT2D eigenvalue weighted by atomic mass is 19.4. The molecule has 0 amide bonds. The second-order valence-corrected chi connectivity index (χ2v) is 5.73. The van der Waals surface area contributed by atoms with Crippen LogP contribution in [0.25, 0.3) is 0 Å². The lowest BCUT2D eigenvalue weighted by molar-refractivity contribution is -0.275. The number of nitrogens with zero attached hydrogens (tertiary/aromatic N) is 1. The van der Waals surface area contributed by atoms with Gasteiger partial charge < -0.3 is 14.4 Å². The van der Waals surface area contributed by atoms with Crippen LogP contribution in [-0.4, -0.2) is 23.5 Å². The number of ether oxygens (including phenoxy) is 2. The molecule has 0 saturated carbocycles. The van der Waals surface area contributed by atoms with Gasteiger partial charge in [0.15, 0.2) is 0 Å². The molecule has 1 aliphatic rings. The fourth-order valence-corrected chi connectivity index (χ4v) is 2.78. The number of benzene rings is 2. The number of fused-ring (bicyclic) bond motifs is 1. The molecule has 1 aliphatic heterocycles. The van der Waals surface area contributed by atoms with Crippen molar-refractivity contribution >= 4 is 5.84 Å². The Morgan fingerprint density at radius 1 is 0.926 bits per heavy atom. The van der Waals surface area contributed by atoms with Crippen molar-refractivity contribution in [1.29, 1.82) is 5.41 Å². The van der Waals surface area contributed by atoms with Crippen molar-refractivity contribution in [3.8, 4) is 11.5 Å². The Bertz CT molecular complexity index is 863. The van der Waals surface area contributed by atoms with E-state index in [2.05, 4.69) is 9.47 Å². The van der Waals surface area contributed by atoms with Crippen molar-refractivity contribution in [3.05, 3.63) is 59.2 Å². The van der Waals surface area contributed by atoms with Crippen molar-refractivity contribution in [2.24, 2.45) is 0 Å². The molecule has 0 fully saturated rings. The molecular formula is C17H12F6N2O2. The van der Waals surface area contributed by atoms with Crippen molar-refractivity contribution in [2.75, 3.05) is 0 Å². The van der Waals surface area contributed by atoms with Gasteiger partial charge in [0.1, 0.15) is 17.3 Å². The predicted octanol–water partition coefficient (Wildman–Crippen LogP) is 4.82. The highest BCUT2D eigenvalue weighted by Gasteiger charge is 2.34. The van der Waals surface area contributed by atoms with Gasteiger partial charge in [-0.15, -0.1) is 26.3 Å². The molecule has 0 unspecified atom stereocenters. The Kier molecular flexibility index (Phi) is 4.66. The number of alkyl halides is 6. The van der Waals surface area contributed by atoms with E-state index in [-0.39, 0.29) is 24.5 Å². The zero-order valence-corrected chi connectivity index (χ0v) is 13.5. The molecule has 0 aliphatic carbocycles. The fraction of sp³-hybridized carbons (Fsp3) is 0.235. The van der Waals surface area contributed by atoms with Crippen molar-refractivity contribution < 1.29 is 35.8 Å². The van der Waals surface area contributed by atoms with E-state index in [0.717, 1.165) is 18.2 Å². The molecule has 0 bridgehead atoms. The first-order chi connectivity index (χ1) is 12.5. The molecule has 1 heterocycles. The zero-order chi connectivity index (χ0) is 19.8. The lowest BCUT2D eigenvalue weighted by Crippen LogP contribution is -2.25. The van der Waals surface area contributed by atoms with Crippen LogP contribution in [-0.2, 0) is 13.1 Å². The average Bonchev–Trinajstić information content (AvgIpc) is 2.82. The molecule has 27 heavy (non-hydrogen) atoms. The number of para-hydroxylation sites is 1. The van der Waals surface area contributed by atoms with Gasteiger partial charge in [-0.1, -0.05) is 18.2 Å². The fourth-order valence-electron chi connectivity index (χ4n) is 2.78. The maximum Gasteiger partial charge on any atom is 0.573 e. The monoisotopic (exact) mass is 390 g/mol. The quantitative estimate of drug-likeness (QED) is 0.761. The standard InChI is InChI=1S/C17H12F6N2O2/c18-16(19,20)26-12-5-6-13-11(7-12)9-25(15(13)24)8-10-3-1-2-4-14(10)27-17(21,22)23/h1-7,24H,8-9H2. The minimum atomic E-state index is -4.86. The minimum absolute atomic E-state index is 0.00892. The summed E-state index contributed by atoms with van der Waals surface area (Å²) in [6.07, 6.45) is -9.70. The van der Waals surface area contributed by atoms with Gasteiger partial charge in [-0.2, -0.15) is 0 Å². The first-order valence-electron chi connectivity index (χ1n) is 7.58. The number of amidine groups is 1. The van der Waals surface area contributed by atoms with Crippen LogP contribution in [0, 0.1) is 5.41 Å². The van der Waals surface area contributed by atoms with Crippen molar-refractivity contribution in [1.82, 2.24) is 4.90 Å². The van der Waals surface area contributed by atoms with Gasteiger partial charge in [0, 0.05) is 24.2 Å². The molecule has 144 valence electrons. The van der Waals surface area contributed by atoms with Crippen LogP contribution in [0.3, 0.4) is 0 Å². The largest absolute Gasteiger partial charge is 0.573 e. The van der Waals surface area contributed by atoms with Crippen LogP contribution in [0.1, 0.15) is 16.7 Å². The van der Waals surface area contributed by atoms with Crippen LogP contribution in [0.5, 0.6) is 11.5 Å². The molecular weight excluding hydrogens is 378 g/mol. The Morgan fingerprint density at radius 2 is 1.59 bits per heavy atom. The second-order valence-electron chi connectivity index (χ2n) is 5.73. The minimum Gasteiger partial charge on any atom is -0.406 e. The number of hydrogen-bond acceptors (Lipinski definition) is 3. The third-order valence-electron chi connectivity index (χ3n) is 3.80. The summed E-state index contributed by atoms with van der Waals surface area (Å²) in [5.41, 5.74) is 0.994. The molecule has 2 aromatic carbocycles. The zero-order valence-electron chi connectivity index (χ0n) is 13.5. The Hall–Kier alpha value is -2.91. The summed E-state index contributed by atoms with van der Waals surface area (Å²) in [5.74, 6) is -0.822. The number of halogens is 6. The topological polar surface area (TPSA) is 45.5 Å². The summed E-state index contributed by atoms with van der Waals surface area (Å²) in [4.78, 5) is 1.43. The Labute approximate surface area is 149 Å². The SMILES string of the molecule is N=C1c2ccc(OC(F)(F)F)cc2CN1Cc1ccccc1OC(F)(F)F. The molecule has 4 nitrogen and oxygen atoms in total. The lowest BCUT2D eigenvalue weighted by atomic mass is 10.1. The molecule has 10 heteroatoms. The number of nitrogens with one attached hydrogen (secondary N) is 1. The van der Waals surface area contributed by atoms with Crippen LogP contribution < -0.4 is 9.47 Å². The lowest BCUT2D eigenvalue weighted by Gasteiger charge is -2.20. The molecule has 1 N–H and O–H groups in total. The summed E-state index contributed by atoms with van der Waals surface area (Å²) in [7, 11) is 0. The molecule has 0 spiro atoms.